The zero-order chi connectivity index (χ0) is 15.1. The van der Waals surface area contributed by atoms with Crippen LogP contribution >= 0.6 is 0 Å². The molecular weight excluding hydrogens is 258 g/mol. The van der Waals surface area contributed by atoms with E-state index in [4.69, 9.17) is 4.74 Å². The minimum Gasteiger partial charge on any atom is -0.497 e. The van der Waals surface area contributed by atoms with Crippen molar-refractivity contribution in [2.75, 3.05) is 20.8 Å². The van der Waals surface area contributed by atoms with Crippen molar-refractivity contribution in [2.45, 2.75) is 26.3 Å². The van der Waals surface area contributed by atoms with Gasteiger partial charge in [-0.15, -0.1) is 0 Å². The summed E-state index contributed by atoms with van der Waals surface area (Å²) in [5.74, 6) is 0.180. The Morgan fingerprint density at radius 3 is 2.50 bits per heavy atom. The Kier molecular flexibility index (Phi) is 6.18. The van der Waals surface area contributed by atoms with Crippen LogP contribution in [0.3, 0.4) is 0 Å². The summed E-state index contributed by atoms with van der Waals surface area (Å²) >= 11 is 0. The summed E-state index contributed by atoms with van der Waals surface area (Å²) in [6, 6.07) is 4.69. The number of rotatable bonds is 7. The molecule has 0 aliphatic heterocycles. The van der Waals surface area contributed by atoms with Gasteiger partial charge in [0, 0.05) is 5.56 Å². The average Bonchev–Trinajstić information content (AvgIpc) is 2.45. The van der Waals surface area contributed by atoms with Gasteiger partial charge < -0.3 is 14.8 Å². The fourth-order valence-corrected chi connectivity index (χ4v) is 1.98. The van der Waals surface area contributed by atoms with Gasteiger partial charge in [-0.05, 0) is 37.2 Å². The first-order chi connectivity index (χ1) is 9.53. The Hall–Kier alpha value is -1.88. The van der Waals surface area contributed by atoms with E-state index >= 15 is 0 Å². The van der Waals surface area contributed by atoms with Crippen LogP contribution < -0.4 is 10.1 Å². The Morgan fingerprint density at radius 1 is 1.30 bits per heavy atom. The summed E-state index contributed by atoms with van der Waals surface area (Å²) in [6.45, 7) is 4.33. The molecule has 1 rings (SSSR count). The van der Waals surface area contributed by atoms with Crippen molar-refractivity contribution in [1.82, 2.24) is 5.32 Å². The maximum atomic E-state index is 12.5. The number of esters is 1. The van der Waals surface area contributed by atoms with E-state index in [1.807, 2.05) is 13.8 Å². The molecule has 0 amide bonds. The van der Waals surface area contributed by atoms with Crippen LogP contribution in [0.25, 0.3) is 0 Å². The molecule has 0 radical (unpaired) electrons. The lowest BCUT2D eigenvalue weighted by atomic mass is 9.97. The van der Waals surface area contributed by atoms with Gasteiger partial charge in [0.25, 0.3) is 0 Å². The van der Waals surface area contributed by atoms with Gasteiger partial charge in [-0.3, -0.25) is 9.59 Å². The lowest BCUT2D eigenvalue weighted by molar-refractivity contribution is -0.140. The summed E-state index contributed by atoms with van der Waals surface area (Å²) in [6.07, 6.45) is 0.0225. The van der Waals surface area contributed by atoms with Crippen LogP contribution in [0.2, 0.25) is 0 Å². The summed E-state index contributed by atoms with van der Waals surface area (Å²) in [5.41, 5.74) is 1.41. The number of carbonyl (C=O) groups excluding carboxylic acids is 2. The molecule has 0 aliphatic carbocycles. The second-order valence-electron chi connectivity index (χ2n) is 4.44. The molecule has 0 aromatic heterocycles. The number of benzene rings is 1. The topological polar surface area (TPSA) is 64.6 Å². The summed E-state index contributed by atoms with van der Waals surface area (Å²) in [4.78, 5) is 23.9. The summed E-state index contributed by atoms with van der Waals surface area (Å²) in [7, 11) is 2.89. The van der Waals surface area contributed by atoms with Crippen LogP contribution in [0.15, 0.2) is 18.2 Å². The van der Waals surface area contributed by atoms with Crippen LogP contribution in [0.5, 0.6) is 5.75 Å². The molecule has 110 valence electrons. The molecule has 0 saturated carbocycles. The van der Waals surface area contributed by atoms with Gasteiger partial charge in [0.2, 0.25) is 0 Å². The van der Waals surface area contributed by atoms with Gasteiger partial charge in [0.15, 0.2) is 5.78 Å². The molecule has 0 fully saturated rings. The van der Waals surface area contributed by atoms with Crippen molar-refractivity contribution in [2.24, 2.45) is 0 Å². The molecule has 1 N–H and O–H groups in total. The normalized spacial score (nSPS) is 11.8. The minimum atomic E-state index is -0.570. The number of Topliss-reactive ketones (excluding diaryl/α,β-unsaturated/α-hetero) is 1. The molecule has 0 heterocycles. The Bertz CT molecular complexity index is 485. The van der Waals surface area contributed by atoms with E-state index in [-0.39, 0.29) is 12.2 Å². The number of aryl methyl sites for hydroxylation is 1. The van der Waals surface area contributed by atoms with Crippen LogP contribution in [0, 0.1) is 6.92 Å². The number of carbonyl (C=O) groups is 2. The summed E-state index contributed by atoms with van der Waals surface area (Å²) in [5, 5.41) is 3.02. The van der Waals surface area contributed by atoms with E-state index in [9.17, 15) is 9.59 Å². The van der Waals surface area contributed by atoms with E-state index in [1.54, 1.807) is 25.3 Å². The number of methoxy groups -OCH3 is 2. The molecule has 1 aromatic carbocycles. The van der Waals surface area contributed by atoms with E-state index in [0.717, 1.165) is 5.56 Å². The maximum Gasteiger partial charge on any atom is 0.307 e. The third-order valence-corrected chi connectivity index (χ3v) is 3.06. The van der Waals surface area contributed by atoms with Crippen molar-refractivity contribution in [3.05, 3.63) is 29.3 Å². The van der Waals surface area contributed by atoms with E-state index in [2.05, 4.69) is 10.1 Å². The Labute approximate surface area is 119 Å². The predicted molar refractivity (Wildman–Crippen MR) is 76.2 cm³/mol. The lowest BCUT2D eigenvalue weighted by Crippen LogP contribution is -2.39. The highest BCUT2D eigenvalue weighted by atomic mass is 16.5. The standard InChI is InChI=1S/C15H21NO4/c1-5-16-13(9-14(17)20-4)15(18)12-7-6-11(19-3)8-10(12)2/h6-8,13,16H,5,9H2,1-4H3. The molecule has 20 heavy (non-hydrogen) atoms. The molecule has 0 saturated heterocycles. The van der Waals surface area contributed by atoms with E-state index in [1.165, 1.54) is 7.11 Å². The third kappa shape index (κ3) is 4.06. The van der Waals surface area contributed by atoms with Gasteiger partial charge in [-0.2, -0.15) is 0 Å². The van der Waals surface area contributed by atoms with Gasteiger partial charge >= 0.3 is 5.97 Å². The highest BCUT2D eigenvalue weighted by molar-refractivity contribution is 6.03. The molecule has 1 unspecified atom stereocenters. The van der Waals surface area contributed by atoms with Crippen LogP contribution in [0.1, 0.15) is 29.3 Å². The zero-order valence-electron chi connectivity index (χ0n) is 12.4. The molecule has 0 aliphatic rings. The number of nitrogens with one attached hydrogen (secondary N) is 1. The molecule has 1 aromatic rings. The Balaban J connectivity index is 2.96. The van der Waals surface area contributed by atoms with Crippen LogP contribution in [-0.4, -0.2) is 38.6 Å². The minimum absolute atomic E-state index is 0.0225. The average molecular weight is 279 g/mol. The number of likely N-dealkylation sites (N-methyl/N-ethyl adjacent to an activating group) is 1. The van der Waals surface area contributed by atoms with Gasteiger partial charge in [-0.1, -0.05) is 6.92 Å². The third-order valence-electron chi connectivity index (χ3n) is 3.06. The fourth-order valence-electron chi connectivity index (χ4n) is 1.98. The highest BCUT2D eigenvalue weighted by Crippen LogP contribution is 2.19. The van der Waals surface area contributed by atoms with Crippen molar-refractivity contribution >= 4 is 11.8 Å². The molecule has 1 atom stereocenters. The smallest absolute Gasteiger partial charge is 0.307 e. The molecule has 5 heteroatoms. The first kappa shape index (κ1) is 16.2. The van der Waals surface area contributed by atoms with Crippen molar-refractivity contribution in [3.63, 3.8) is 0 Å². The first-order valence-electron chi connectivity index (χ1n) is 6.52. The molecule has 0 spiro atoms. The predicted octanol–water partition coefficient (Wildman–Crippen LogP) is 1.73. The van der Waals surface area contributed by atoms with Gasteiger partial charge in [-0.25, -0.2) is 0 Å². The maximum absolute atomic E-state index is 12.5. The van der Waals surface area contributed by atoms with E-state index < -0.39 is 12.0 Å². The SMILES string of the molecule is CCNC(CC(=O)OC)C(=O)c1ccc(OC)cc1C. The molecule has 0 bridgehead atoms. The van der Waals surface area contributed by atoms with Crippen molar-refractivity contribution < 1.29 is 19.1 Å². The van der Waals surface area contributed by atoms with Crippen molar-refractivity contribution in [1.29, 1.82) is 0 Å². The first-order valence-corrected chi connectivity index (χ1v) is 6.52. The molecule has 5 nitrogen and oxygen atoms in total. The van der Waals surface area contributed by atoms with Crippen LogP contribution in [0.4, 0.5) is 0 Å². The van der Waals surface area contributed by atoms with Crippen LogP contribution in [-0.2, 0) is 9.53 Å². The highest BCUT2D eigenvalue weighted by Gasteiger charge is 2.23. The zero-order valence-corrected chi connectivity index (χ0v) is 12.4. The quantitative estimate of drug-likeness (QED) is 0.608. The number of ether oxygens (including phenoxy) is 2. The van der Waals surface area contributed by atoms with Crippen molar-refractivity contribution in [3.8, 4) is 5.75 Å². The summed E-state index contributed by atoms with van der Waals surface area (Å²) < 4.78 is 9.75. The number of hydrogen-bond donors (Lipinski definition) is 1. The van der Waals surface area contributed by atoms with Gasteiger partial charge in [0.05, 0.1) is 26.7 Å². The van der Waals surface area contributed by atoms with Gasteiger partial charge in [0.1, 0.15) is 5.75 Å². The van der Waals surface area contributed by atoms with E-state index in [0.29, 0.717) is 17.9 Å². The largest absolute Gasteiger partial charge is 0.497 e. The lowest BCUT2D eigenvalue weighted by Gasteiger charge is -2.17. The number of ketones is 1. The second kappa shape index (κ2) is 7.65. The molecular formula is C15H21NO4. The monoisotopic (exact) mass is 279 g/mol. The fraction of sp³-hybridized carbons (Fsp3) is 0.467. The number of hydrogen-bond acceptors (Lipinski definition) is 5. The Morgan fingerprint density at radius 2 is 2.00 bits per heavy atom. The second-order valence-corrected chi connectivity index (χ2v) is 4.44.